The van der Waals surface area contributed by atoms with Gasteiger partial charge in [0.05, 0.1) is 0 Å². The van der Waals surface area contributed by atoms with Crippen LogP contribution in [-0.2, 0) is 6.61 Å². The van der Waals surface area contributed by atoms with E-state index in [1.165, 1.54) is 16.5 Å². The number of fused-ring (bicyclic) bond motifs is 1. The van der Waals surface area contributed by atoms with E-state index in [4.69, 9.17) is 16.3 Å². The van der Waals surface area contributed by atoms with Crippen LogP contribution in [0.3, 0.4) is 0 Å². The maximum Gasteiger partial charge on any atom is 0.119 e. The number of rotatable bonds is 3. The molecule has 0 bridgehead atoms. The van der Waals surface area contributed by atoms with Gasteiger partial charge in [-0.2, -0.15) is 0 Å². The SMILES string of the molecule is Cc1cccc2[nH]cc(COc3ccc(Cl)cc3)c12. The minimum absolute atomic E-state index is 0.548. The summed E-state index contributed by atoms with van der Waals surface area (Å²) in [5.41, 5.74) is 3.58. The highest BCUT2D eigenvalue weighted by molar-refractivity contribution is 6.30. The molecule has 0 saturated carbocycles. The Bertz CT molecular complexity index is 700. The Balaban J connectivity index is 1.84. The van der Waals surface area contributed by atoms with Crippen LogP contribution >= 0.6 is 11.6 Å². The summed E-state index contributed by atoms with van der Waals surface area (Å²) < 4.78 is 5.79. The second-order valence-corrected chi connectivity index (χ2v) is 4.99. The maximum atomic E-state index is 5.85. The zero-order valence-electron chi connectivity index (χ0n) is 10.6. The van der Waals surface area contributed by atoms with Gasteiger partial charge in [-0.25, -0.2) is 0 Å². The molecule has 0 atom stereocenters. The first-order chi connectivity index (χ1) is 9.24. The molecule has 3 heteroatoms. The summed E-state index contributed by atoms with van der Waals surface area (Å²) in [4.78, 5) is 3.27. The lowest BCUT2D eigenvalue weighted by molar-refractivity contribution is 0.307. The van der Waals surface area contributed by atoms with Gasteiger partial charge in [-0.3, -0.25) is 0 Å². The minimum atomic E-state index is 0.548. The highest BCUT2D eigenvalue weighted by atomic mass is 35.5. The quantitative estimate of drug-likeness (QED) is 0.733. The summed E-state index contributed by atoms with van der Waals surface area (Å²) in [6, 6.07) is 13.7. The van der Waals surface area contributed by atoms with Gasteiger partial charge >= 0.3 is 0 Å². The van der Waals surface area contributed by atoms with Crippen LogP contribution in [0.1, 0.15) is 11.1 Å². The monoisotopic (exact) mass is 271 g/mol. The Morgan fingerprint density at radius 1 is 1.11 bits per heavy atom. The van der Waals surface area contributed by atoms with Crippen molar-refractivity contribution in [2.45, 2.75) is 13.5 Å². The van der Waals surface area contributed by atoms with Gasteiger partial charge in [0.2, 0.25) is 0 Å². The molecule has 0 aliphatic heterocycles. The molecule has 1 N–H and O–H groups in total. The molecule has 3 rings (SSSR count). The van der Waals surface area contributed by atoms with Gasteiger partial charge in [0.15, 0.2) is 0 Å². The van der Waals surface area contributed by atoms with Gasteiger partial charge in [0.25, 0.3) is 0 Å². The van der Waals surface area contributed by atoms with Crippen molar-refractivity contribution in [3.05, 3.63) is 64.8 Å². The number of aryl methyl sites for hydroxylation is 1. The molecule has 0 spiro atoms. The van der Waals surface area contributed by atoms with Crippen molar-refractivity contribution < 1.29 is 4.74 Å². The number of nitrogens with one attached hydrogen (secondary N) is 1. The molecule has 0 unspecified atom stereocenters. The number of halogens is 1. The normalized spacial score (nSPS) is 10.8. The fourth-order valence-electron chi connectivity index (χ4n) is 2.26. The van der Waals surface area contributed by atoms with Crippen LogP contribution in [0.5, 0.6) is 5.75 Å². The lowest BCUT2D eigenvalue weighted by Gasteiger charge is -2.06. The van der Waals surface area contributed by atoms with E-state index in [2.05, 4.69) is 30.1 Å². The van der Waals surface area contributed by atoms with Gasteiger partial charge in [0.1, 0.15) is 12.4 Å². The van der Waals surface area contributed by atoms with Gasteiger partial charge in [-0.15, -0.1) is 0 Å². The second kappa shape index (κ2) is 4.98. The van der Waals surface area contributed by atoms with E-state index in [9.17, 15) is 0 Å². The van der Waals surface area contributed by atoms with Crippen LogP contribution in [0.4, 0.5) is 0 Å². The molecule has 3 aromatic rings. The minimum Gasteiger partial charge on any atom is -0.489 e. The smallest absolute Gasteiger partial charge is 0.119 e. The molecular weight excluding hydrogens is 258 g/mol. The van der Waals surface area contributed by atoms with Gasteiger partial charge in [0, 0.05) is 27.7 Å². The van der Waals surface area contributed by atoms with Crippen molar-refractivity contribution in [1.29, 1.82) is 0 Å². The van der Waals surface area contributed by atoms with E-state index in [0.717, 1.165) is 16.3 Å². The van der Waals surface area contributed by atoms with Crippen molar-refractivity contribution in [2.24, 2.45) is 0 Å². The Morgan fingerprint density at radius 3 is 2.68 bits per heavy atom. The van der Waals surface area contributed by atoms with E-state index in [-0.39, 0.29) is 0 Å². The van der Waals surface area contributed by atoms with Gasteiger partial charge in [-0.1, -0.05) is 23.7 Å². The van der Waals surface area contributed by atoms with Crippen LogP contribution in [-0.4, -0.2) is 4.98 Å². The van der Waals surface area contributed by atoms with Crippen molar-refractivity contribution in [2.75, 3.05) is 0 Å². The van der Waals surface area contributed by atoms with Crippen LogP contribution in [0.25, 0.3) is 10.9 Å². The first-order valence-corrected chi connectivity index (χ1v) is 6.56. The predicted molar refractivity (Wildman–Crippen MR) is 78.8 cm³/mol. The summed E-state index contributed by atoms with van der Waals surface area (Å²) in [7, 11) is 0. The molecule has 0 aliphatic rings. The third-order valence-corrected chi connectivity index (χ3v) is 3.46. The highest BCUT2D eigenvalue weighted by Gasteiger charge is 2.06. The van der Waals surface area contributed by atoms with Crippen molar-refractivity contribution >= 4 is 22.5 Å². The molecule has 0 saturated heterocycles. The van der Waals surface area contributed by atoms with E-state index >= 15 is 0 Å². The summed E-state index contributed by atoms with van der Waals surface area (Å²) in [6.45, 7) is 2.66. The van der Waals surface area contributed by atoms with Crippen molar-refractivity contribution in [3.63, 3.8) is 0 Å². The lowest BCUT2D eigenvalue weighted by Crippen LogP contribution is -1.94. The average molecular weight is 272 g/mol. The molecule has 2 aromatic carbocycles. The largest absolute Gasteiger partial charge is 0.489 e. The summed E-state index contributed by atoms with van der Waals surface area (Å²) in [6.07, 6.45) is 2.01. The molecular formula is C16H14ClNO. The van der Waals surface area contributed by atoms with E-state index in [0.29, 0.717) is 6.61 Å². The van der Waals surface area contributed by atoms with E-state index in [1.807, 2.05) is 30.5 Å². The Morgan fingerprint density at radius 2 is 1.89 bits per heavy atom. The summed E-state index contributed by atoms with van der Waals surface area (Å²) >= 11 is 5.85. The molecule has 19 heavy (non-hydrogen) atoms. The summed E-state index contributed by atoms with van der Waals surface area (Å²) in [5, 5.41) is 1.96. The summed E-state index contributed by atoms with van der Waals surface area (Å²) in [5.74, 6) is 0.826. The third kappa shape index (κ3) is 2.45. The Hall–Kier alpha value is -1.93. The molecule has 0 fully saturated rings. The maximum absolute atomic E-state index is 5.85. The van der Waals surface area contributed by atoms with E-state index in [1.54, 1.807) is 0 Å². The topological polar surface area (TPSA) is 25.0 Å². The molecule has 0 amide bonds. The van der Waals surface area contributed by atoms with Crippen LogP contribution < -0.4 is 4.74 Å². The zero-order valence-corrected chi connectivity index (χ0v) is 11.4. The zero-order chi connectivity index (χ0) is 13.2. The molecule has 1 aromatic heterocycles. The number of ether oxygens (including phenoxy) is 1. The molecule has 96 valence electrons. The number of aromatic amines is 1. The molecule has 2 nitrogen and oxygen atoms in total. The Labute approximate surface area is 117 Å². The number of benzene rings is 2. The van der Waals surface area contributed by atoms with E-state index < -0.39 is 0 Å². The molecule has 1 heterocycles. The molecule has 0 aliphatic carbocycles. The predicted octanol–water partition coefficient (Wildman–Crippen LogP) is 4.71. The first kappa shape index (κ1) is 12.1. The van der Waals surface area contributed by atoms with Crippen molar-refractivity contribution in [3.8, 4) is 5.75 Å². The number of H-pyrrole nitrogens is 1. The third-order valence-electron chi connectivity index (χ3n) is 3.20. The number of aromatic nitrogens is 1. The Kier molecular flexibility index (Phi) is 3.18. The number of hydrogen-bond donors (Lipinski definition) is 1. The van der Waals surface area contributed by atoms with Crippen LogP contribution in [0.2, 0.25) is 5.02 Å². The average Bonchev–Trinajstić information content (AvgIpc) is 2.83. The fraction of sp³-hybridized carbons (Fsp3) is 0.125. The number of hydrogen-bond acceptors (Lipinski definition) is 1. The fourth-order valence-corrected chi connectivity index (χ4v) is 2.38. The van der Waals surface area contributed by atoms with Crippen molar-refractivity contribution in [1.82, 2.24) is 4.98 Å². The van der Waals surface area contributed by atoms with Crippen LogP contribution in [0, 0.1) is 6.92 Å². The molecule has 0 radical (unpaired) electrons. The van der Waals surface area contributed by atoms with Crippen LogP contribution in [0.15, 0.2) is 48.7 Å². The van der Waals surface area contributed by atoms with Gasteiger partial charge in [-0.05, 0) is 42.8 Å². The first-order valence-electron chi connectivity index (χ1n) is 6.18. The van der Waals surface area contributed by atoms with Gasteiger partial charge < -0.3 is 9.72 Å². The second-order valence-electron chi connectivity index (χ2n) is 4.55. The standard InChI is InChI=1S/C16H14ClNO/c1-11-3-2-4-15-16(11)12(9-18-15)10-19-14-7-5-13(17)6-8-14/h2-9,18H,10H2,1H3. The lowest BCUT2D eigenvalue weighted by atomic mass is 10.1. The highest BCUT2D eigenvalue weighted by Crippen LogP contribution is 2.24.